The number of alkyl halides is 3. The van der Waals surface area contributed by atoms with E-state index in [1.807, 2.05) is 6.07 Å². The van der Waals surface area contributed by atoms with Gasteiger partial charge in [0, 0.05) is 48.5 Å². The van der Waals surface area contributed by atoms with Gasteiger partial charge in [-0.2, -0.15) is 18.3 Å². The maximum absolute atomic E-state index is 13.4. The number of fused-ring (bicyclic) bond motifs is 1. The lowest BCUT2D eigenvalue weighted by Crippen LogP contribution is -2.48. The first kappa shape index (κ1) is 23.1. The number of carbonyl (C=O) groups is 1. The molecule has 0 spiro atoms. The Morgan fingerprint density at radius 3 is 2.41 bits per heavy atom. The van der Waals surface area contributed by atoms with Crippen LogP contribution in [0.5, 0.6) is 0 Å². The molecule has 4 rings (SSSR count). The number of carbonyl (C=O) groups excluding carboxylic acids is 1. The number of aryl methyl sites for hydroxylation is 1. The van der Waals surface area contributed by atoms with E-state index in [9.17, 15) is 18.0 Å². The van der Waals surface area contributed by atoms with E-state index in [4.69, 9.17) is 34.8 Å². The predicted molar refractivity (Wildman–Crippen MR) is 115 cm³/mol. The van der Waals surface area contributed by atoms with Crippen molar-refractivity contribution in [2.24, 2.45) is 0 Å². The summed E-state index contributed by atoms with van der Waals surface area (Å²) in [6, 6.07) is 6.16. The summed E-state index contributed by atoms with van der Waals surface area (Å²) in [6.07, 6.45) is -4.67. The molecule has 0 saturated carbocycles. The molecule has 0 N–H and O–H groups in total. The highest BCUT2D eigenvalue weighted by atomic mass is 35.5. The van der Waals surface area contributed by atoms with E-state index in [2.05, 4.69) is 15.0 Å². The summed E-state index contributed by atoms with van der Waals surface area (Å²) < 4.78 is 40.8. The summed E-state index contributed by atoms with van der Waals surface area (Å²) in [5, 5.41) is 4.79. The maximum atomic E-state index is 13.4. The Labute approximate surface area is 196 Å². The smallest absolute Gasteiger partial charge is 0.335 e. The summed E-state index contributed by atoms with van der Waals surface area (Å²) in [6.45, 7) is 3.86. The van der Waals surface area contributed by atoms with Gasteiger partial charge in [0.25, 0.3) is 5.91 Å². The second-order valence-electron chi connectivity index (χ2n) is 7.48. The number of hydrogen-bond acceptors (Lipinski definition) is 4. The topological polar surface area (TPSA) is 53.7 Å². The SMILES string of the molecule is Cc1cc(C(F)(F)F)n2nc(C(=O)N3CCN(Cc4ccc(Cl)cc4Cl)CC3)c(Cl)c2n1. The zero-order valence-electron chi connectivity index (χ0n) is 16.8. The highest BCUT2D eigenvalue weighted by Crippen LogP contribution is 2.32. The molecule has 0 radical (unpaired) electrons. The Kier molecular flexibility index (Phi) is 6.28. The molecule has 6 nitrogen and oxygen atoms in total. The third-order valence-corrected chi connectivity index (χ3v) is 6.16. The number of rotatable bonds is 3. The zero-order chi connectivity index (χ0) is 23.2. The minimum absolute atomic E-state index is 0.125. The standard InChI is InChI=1S/C20H17Cl3F3N5O/c1-11-8-15(20(24,25)26)31-18(27-11)16(23)17(28-31)19(32)30-6-4-29(5-7-30)10-12-2-3-13(21)9-14(12)22/h2-3,8-9H,4-7,10H2,1H3. The van der Waals surface area contributed by atoms with Crippen LogP contribution in [0.2, 0.25) is 15.1 Å². The number of amides is 1. The minimum atomic E-state index is -4.67. The molecule has 1 amide bonds. The van der Waals surface area contributed by atoms with E-state index in [-0.39, 0.29) is 22.1 Å². The van der Waals surface area contributed by atoms with Gasteiger partial charge in [0.15, 0.2) is 11.3 Å². The number of benzene rings is 1. The van der Waals surface area contributed by atoms with E-state index in [1.165, 1.54) is 11.8 Å². The summed E-state index contributed by atoms with van der Waals surface area (Å²) >= 11 is 18.4. The molecule has 1 aliphatic heterocycles. The van der Waals surface area contributed by atoms with Crippen molar-refractivity contribution in [3.05, 3.63) is 62.0 Å². The van der Waals surface area contributed by atoms with Crippen molar-refractivity contribution in [2.75, 3.05) is 26.2 Å². The van der Waals surface area contributed by atoms with Crippen LogP contribution in [0.4, 0.5) is 13.2 Å². The van der Waals surface area contributed by atoms with E-state index < -0.39 is 17.8 Å². The monoisotopic (exact) mass is 505 g/mol. The van der Waals surface area contributed by atoms with Gasteiger partial charge in [-0.05, 0) is 30.7 Å². The molecule has 1 aromatic carbocycles. The van der Waals surface area contributed by atoms with Crippen molar-refractivity contribution in [1.29, 1.82) is 0 Å². The van der Waals surface area contributed by atoms with Gasteiger partial charge < -0.3 is 4.90 Å². The van der Waals surface area contributed by atoms with Gasteiger partial charge in [0.05, 0.1) is 0 Å². The van der Waals surface area contributed by atoms with Crippen LogP contribution in [0.1, 0.15) is 27.4 Å². The van der Waals surface area contributed by atoms with Crippen LogP contribution >= 0.6 is 34.8 Å². The van der Waals surface area contributed by atoms with Crippen LogP contribution < -0.4 is 0 Å². The molecule has 1 saturated heterocycles. The molecule has 0 unspecified atom stereocenters. The molecular weight excluding hydrogens is 490 g/mol. The molecule has 12 heteroatoms. The Hall–Kier alpha value is -2.07. The van der Waals surface area contributed by atoms with Crippen molar-refractivity contribution in [2.45, 2.75) is 19.6 Å². The molecule has 1 fully saturated rings. The lowest BCUT2D eigenvalue weighted by molar-refractivity contribution is -0.142. The van der Waals surface area contributed by atoms with Crippen LogP contribution in [0, 0.1) is 6.92 Å². The van der Waals surface area contributed by atoms with Gasteiger partial charge >= 0.3 is 6.18 Å². The summed E-state index contributed by atoms with van der Waals surface area (Å²) in [4.78, 5) is 20.7. The normalized spacial score (nSPS) is 15.5. The van der Waals surface area contributed by atoms with Gasteiger partial charge in [0.1, 0.15) is 10.7 Å². The van der Waals surface area contributed by atoms with E-state index in [1.54, 1.807) is 12.1 Å². The lowest BCUT2D eigenvalue weighted by Gasteiger charge is -2.34. The highest BCUT2D eigenvalue weighted by molar-refractivity contribution is 6.36. The first-order valence-corrected chi connectivity index (χ1v) is 10.8. The maximum Gasteiger partial charge on any atom is 0.433 e. The Balaban J connectivity index is 1.51. The molecule has 3 aromatic rings. The summed E-state index contributed by atoms with van der Waals surface area (Å²) in [5.74, 6) is -0.532. The average Bonchev–Trinajstić information content (AvgIpc) is 3.05. The van der Waals surface area contributed by atoms with Crippen LogP contribution in [0.25, 0.3) is 5.65 Å². The molecule has 2 aromatic heterocycles. The molecule has 0 atom stereocenters. The highest BCUT2D eigenvalue weighted by Gasteiger charge is 2.37. The molecular formula is C20H17Cl3F3N5O. The third-order valence-electron chi connectivity index (χ3n) is 5.22. The van der Waals surface area contributed by atoms with Gasteiger partial charge in [0.2, 0.25) is 0 Å². The molecule has 3 heterocycles. The number of aromatic nitrogens is 3. The first-order chi connectivity index (χ1) is 15.0. The van der Waals surface area contributed by atoms with E-state index >= 15 is 0 Å². The molecule has 170 valence electrons. The second-order valence-corrected chi connectivity index (χ2v) is 8.70. The predicted octanol–water partition coefficient (Wildman–Crippen LogP) is 4.97. The van der Waals surface area contributed by atoms with Crippen molar-refractivity contribution in [3.8, 4) is 0 Å². The van der Waals surface area contributed by atoms with Gasteiger partial charge in [-0.25, -0.2) is 9.50 Å². The van der Waals surface area contributed by atoms with Crippen LogP contribution in [0.3, 0.4) is 0 Å². The summed E-state index contributed by atoms with van der Waals surface area (Å²) in [7, 11) is 0. The quantitative estimate of drug-likeness (QED) is 0.503. The third kappa shape index (κ3) is 4.52. The molecule has 0 bridgehead atoms. The van der Waals surface area contributed by atoms with Crippen LogP contribution in [0.15, 0.2) is 24.3 Å². The molecule has 1 aliphatic rings. The van der Waals surface area contributed by atoms with Gasteiger partial charge in [-0.15, -0.1) is 0 Å². The van der Waals surface area contributed by atoms with Gasteiger partial charge in [-0.1, -0.05) is 40.9 Å². The van der Waals surface area contributed by atoms with E-state index in [0.29, 0.717) is 47.3 Å². The van der Waals surface area contributed by atoms with Gasteiger partial charge in [-0.3, -0.25) is 9.69 Å². The van der Waals surface area contributed by atoms with Crippen LogP contribution in [-0.2, 0) is 12.7 Å². The number of nitrogens with zero attached hydrogens (tertiary/aromatic N) is 5. The fraction of sp³-hybridized carbons (Fsp3) is 0.350. The largest absolute Gasteiger partial charge is 0.433 e. The number of hydrogen-bond donors (Lipinski definition) is 0. The van der Waals surface area contributed by atoms with Crippen LogP contribution in [-0.4, -0.2) is 56.5 Å². The Bertz CT molecular complexity index is 1190. The Morgan fingerprint density at radius 1 is 1.09 bits per heavy atom. The van der Waals surface area contributed by atoms with Crippen molar-refractivity contribution in [3.63, 3.8) is 0 Å². The van der Waals surface area contributed by atoms with Crippen molar-refractivity contribution in [1.82, 2.24) is 24.4 Å². The van der Waals surface area contributed by atoms with Crippen molar-refractivity contribution < 1.29 is 18.0 Å². The van der Waals surface area contributed by atoms with Crippen molar-refractivity contribution >= 4 is 46.4 Å². The fourth-order valence-electron chi connectivity index (χ4n) is 3.60. The number of piperazine rings is 1. The zero-order valence-corrected chi connectivity index (χ0v) is 19.0. The summed E-state index contributed by atoms with van der Waals surface area (Å²) in [5.41, 5.74) is -0.436. The fourth-order valence-corrected chi connectivity index (χ4v) is 4.31. The Morgan fingerprint density at radius 2 is 1.78 bits per heavy atom. The second kappa shape index (κ2) is 8.70. The minimum Gasteiger partial charge on any atom is -0.335 e. The number of halogens is 6. The van der Waals surface area contributed by atoms with E-state index in [0.717, 1.165) is 11.6 Å². The molecule has 32 heavy (non-hydrogen) atoms. The molecule has 0 aliphatic carbocycles. The average molecular weight is 507 g/mol. The lowest BCUT2D eigenvalue weighted by atomic mass is 10.2. The first-order valence-electron chi connectivity index (χ1n) is 9.63.